The van der Waals surface area contributed by atoms with Crippen LogP contribution in [0.25, 0.3) is 17.2 Å². The van der Waals surface area contributed by atoms with E-state index in [1.54, 1.807) is 31.3 Å². The molecule has 0 saturated carbocycles. The summed E-state index contributed by atoms with van der Waals surface area (Å²) in [5.74, 6) is 1.07. The number of hydrogen-bond donors (Lipinski definition) is 0. The number of amides is 1. The standard InChI is InChI=1S/C21H23N5O3/c1-28-14-18-16(20(27)25-11-5-6-12-25)13-23-26(18)21-22-10-9-17(24-21)15-7-3-4-8-19(15)29-2/h3-4,7-10,13H,5-6,11-12,14H2,1-2H3. The van der Waals surface area contributed by atoms with Gasteiger partial charge in [0.25, 0.3) is 11.9 Å². The van der Waals surface area contributed by atoms with Gasteiger partial charge in [-0.2, -0.15) is 9.78 Å². The molecule has 8 nitrogen and oxygen atoms in total. The fourth-order valence-electron chi connectivity index (χ4n) is 3.55. The van der Waals surface area contributed by atoms with Gasteiger partial charge in [-0.1, -0.05) is 12.1 Å². The Bertz CT molecular complexity index is 1010. The minimum absolute atomic E-state index is 0.0262. The van der Waals surface area contributed by atoms with Crippen LogP contribution in [0.2, 0.25) is 0 Å². The van der Waals surface area contributed by atoms with Crippen molar-refractivity contribution < 1.29 is 14.3 Å². The van der Waals surface area contributed by atoms with Crippen molar-refractivity contribution in [2.24, 2.45) is 0 Å². The lowest BCUT2D eigenvalue weighted by molar-refractivity contribution is 0.0787. The molecular formula is C21H23N5O3. The molecule has 0 bridgehead atoms. The van der Waals surface area contributed by atoms with Gasteiger partial charge in [-0.05, 0) is 31.0 Å². The Hall–Kier alpha value is -3.26. The van der Waals surface area contributed by atoms with Crippen molar-refractivity contribution in [1.29, 1.82) is 0 Å². The molecule has 1 fully saturated rings. The second-order valence-corrected chi connectivity index (χ2v) is 6.79. The van der Waals surface area contributed by atoms with Crippen LogP contribution in [0.1, 0.15) is 28.9 Å². The number of carbonyl (C=O) groups is 1. The first kappa shape index (κ1) is 19.1. The molecule has 3 aromatic rings. The third kappa shape index (κ3) is 3.71. The Morgan fingerprint density at radius 2 is 1.93 bits per heavy atom. The van der Waals surface area contributed by atoms with Gasteiger partial charge in [-0.25, -0.2) is 9.97 Å². The molecular weight excluding hydrogens is 370 g/mol. The zero-order valence-electron chi connectivity index (χ0n) is 16.5. The van der Waals surface area contributed by atoms with Gasteiger partial charge in [0, 0.05) is 32.0 Å². The van der Waals surface area contributed by atoms with E-state index in [2.05, 4.69) is 15.1 Å². The Morgan fingerprint density at radius 3 is 2.69 bits per heavy atom. The molecule has 0 atom stereocenters. The molecule has 4 rings (SSSR count). The highest BCUT2D eigenvalue weighted by Gasteiger charge is 2.26. The van der Waals surface area contributed by atoms with Crippen LogP contribution in [-0.4, -0.2) is 57.9 Å². The molecule has 1 amide bonds. The first-order chi connectivity index (χ1) is 14.2. The molecule has 29 heavy (non-hydrogen) atoms. The lowest BCUT2D eigenvalue weighted by Gasteiger charge is -2.15. The van der Waals surface area contributed by atoms with Crippen molar-refractivity contribution in [3.63, 3.8) is 0 Å². The third-order valence-electron chi connectivity index (χ3n) is 4.99. The van der Waals surface area contributed by atoms with Crippen LogP contribution in [0.4, 0.5) is 0 Å². The van der Waals surface area contributed by atoms with Crippen molar-refractivity contribution in [2.45, 2.75) is 19.4 Å². The quantitative estimate of drug-likeness (QED) is 0.640. The molecule has 2 aromatic heterocycles. The average Bonchev–Trinajstić information content (AvgIpc) is 3.44. The first-order valence-electron chi connectivity index (χ1n) is 9.55. The molecule has 1 aliphatic heterocycles. The van der Waals surface area contributed by atoms with Crippen LogP contribution in [-0.2, 0) is 11.3 Å². The molecule has 0 spiro atoms. The van der Waals surface area contributed by atoms with Gasteiger partial charge < -0.3 is 14.4 Å². The number of aromatic nitrogens is 4. The number of carbonyl (C=O) groups excluding carboxylic acids is 1. The summed E-state index contributed by atoms with van der Waals surface area (Å²) < 4.78 is 12.4. The first-order valence-corrected chi connectivity index (χ1v) is 9.55. The Morgan fingerprint density at radius 1 is 1.14 bits per heavy atom. The molecule has 0 N–H and O–H groups in total. The van der Waals surface area contributed by atoms with Crippen LogP contribution in [0.5, 0.6) is 5.75 Å². The molecule has 150 valence electrons. The van der Waals surface area contributed by atoms with E-state index in [4.69, 9.17) is 9.47 Å². The van der Waals surface area contributed by atoms with Crippen LogP contribution < -0.4 is 4.74 Å². The SMILES string of the molecule is COCc1c(C(=O)N2CCCC2)cnn1-c1nccc(-c2ccccc2OC)n1. The second-order valence-electron chi connectivity index (χ2n) is 6.79. The Kier molecular flexibility index (Phi) is 5.53. The van der Waals surface area contributed by atoms with Gasteiger partial charge >= 0.3 is 0 Å². The molecule has 0 aliphatic carbocycles. The second kappa shape index (κ2) is 8.40. The zero-order chi connectivity index (χ0) is 20.2. The maximum Gasteiger partial charge on any atom is 0.257 e. The summed E-state index contributed by atoms with van der Waals surface area (Å²) >= 11 is 0. The van der Waals surface area contributed by atoms with E-state index in [0.717, 1.165) is 37.2 Å². The highest BCUT2D eigenvalue weighted by molar-refractivity contribution is 5.95. The summed E-state index contributed by atoms with van der Waals surface area (Å²) in [5, 5.41) is 4.41. The number of hydrogen-bond acceptors (Lipinski definition) is 6. The molecule has 1 aromatic carbocycles. The van der Waals surface area contributed by atoms with Crippen LogP contribution in [0.15, 0.2) is 42.7 Å². The minimum atomic E-state index is -0.0262. The summed E-state index contributed by atoms with van der Waals surface area (Å²) in [6.45, 7) is 1.78. The van der Waals surface area contributed by atoms with Gasteiger partial charge in [-0.3, -0.25) is 4.79 Å². The number of likely N-dealkylation sites (tertiary alicyclic amines) is 1. The highest BCUT2D eigenvalue weighted by Crippen LogP contribution is 2.28. The summed E-state index contributed by atoms with van der Waals surface area (Å²) in [4.78, 5) is 23.8. The average molecular weight is 393 g/mol. The number of nitrogens with zero attached hydrogens (tertiary/aromatic N) is 5. The largest absolute Gasteiger partial charge is 0.496 e. The van der Waals surface area contributed by atoms with E-state index in [9.17, 15) is 4.79 Å². The summed E-state index contributed by atoms with van der Waals surface area (Å²) in [6, 6.07) is 9.47. The van der Waals surface area contributed by atoms with Gasteiger partial charge in [0.05, 0.1) is 36.9 Å². The van der Waals surface area contributed by atoms with Crippen molar-refractivity contribution in [3.8, 4) is 23.0 Å². The van der Waals surface area contributed by atoms with E-state index in [-0.39, 0.29) is 12.5 Å². The van der Waals surface area contributed by atoms with Gasteiger partial charge in [-0.15, -0.1) is 0 Å². The predicted molar refractivity (Wildman–Crippen MR) is 107 cm³/mol. The predicted octanol–water partition coefficient (Wildman–Crippen LogP) is 2.72. The fourth-order valence-corrected chi connectivity index (χ4v) is 3.55. The molecule has 0 radical (unpaired) electrons. The van der Waals surface area contributed by atoms with Crippen molar-refractivity contribution in [3.05, 3.63) is 54.0 Å². The number of methoxy groups -OCH3 is 2. The molecule has 0 unspecified atom stereocenters. The highest BCUT2D eigenvalue weighted by atomic mass is 16.5. The monoisotopic (exact) mass is 393 g/mol. The van der Waals surface area contributed by atoms with Crippen molar-refractivity contribution in [1.82, 2.24) is 24.6 Å². The van der Waals surface area contributed by atoms with E-state index in [0.29, 0.717) is 22.9 Å². The number of ether oxygens (including phenoxy) is 2. The number of para-hydroxylation sites is 1. The summed E-state index contributed by atoms with van der Waals surface area (Å²) in [5.41, 5.74) is 2.73. The lowest BCUT2D eigenvalue weighted by Crippen LogP contribution is -2.28. The number of benzene rings is 1. The van der Waals surface area contributed by atoms with E-state index in [1.807, 2.05) is 35.2 Å². The molecule has 8 heteroatoms. The molecule has 1 saturated heterocycles. The lowest BCUT2D eigenvalue weighted by atomic mass is 10.1. The van der Waals surface area contributed by atoms with Gasteiger partial charge in [0.1, 0.15) is 5.75 Å². The van der Waals surface area contributed by atoms with Gasteiger partial charge in [0.2, 0.25) is 0 Å². The van der Waals surface area contributed by atoms with Crippen LogP contribution in [0.3, 0.4) is 0 Å². The van der Waals surface area contributed by atoms with E-state index < -0.39 is 0 Å². The zero-order valence-corrected chi connectivity index (χ0v) is 16.5. The maximum atomic E-state index is 12.9. The molecule has 3 heterocycles. The third-order valence-corrected chi connectivity index (χ3v) is 4.99. The number of rotatable bonds is 6. The van der Waals surface area contributed by atoms with Crippen LogP contribution >= 0.6 is 0 Å². The maximum absolute atomic E-state index is 12.9. The summed E-state index contributed by atoms with van der Waals surface area (Å²) in [7, 11) is 3.22. The van der Waals surface area contributed by atoms with Crippen LogP contribution in [0, 0.1) is 0 Å². The minimum Gasteiger partial charge on any atom is -0.496 e. The van der Waals surface area contributed by atoms with Gasteiger partial charge in [0.15, 0.2) is 0 Å². The molecule has 1 aliphatic rings. The fraction of sp³-hybridized carbons (Fsp3) is 0.333. The Balaban J connectivity index is 1.74. The summed E-state index contributed by atoms with van der Waals surface area (Å²) in [6.07, 6.45) is 5.31. The van der Waals surface area contributed by atoms with Crippen molar-refractivity contribution >= 4 is 5.91 Å². The topological polar surface area (TPSA) is 82.4 Å². The smallest absolute Gasteiger partial charge is 0.257 e. The normalized spacial score (nSPS) is 13.7. The van der Waals surface area contributed by atoms with E-state index in [1.165, 1.54) is 0 Å². The van der Waals surface area contributed by atoms with E-state index >= 15 is 0 Å². The van der Waals surface area contributed by atoms with Crippen molar-refractivity contribution in [2.75, 3.05) is 27.3 Å². The Labute approximate surface area is 169 Å².